The Kier molecular flexibility index (Phi) is 4.50. The van der Waals surface area contributed by atoms with E-state index in [1.165, 1.54) is 11.8 Å². The van der Waals surface area contributed by atoms with Crippen LogP contribution < -0.4 is 9.47 Å². The molecule has 1 heterocycles. The number of hydrogen-bond donors (Lipinski definition) is 0. The van der Waals surface area contributed by atoms with E-state index in [9.17, 15) is 0 Å². The number of ether oxygens (including phenoxy) is 2. The standard InChI is InChI=1S/C13H13ClN2O2S/c1-8-9(14)5-4-6-10(8)19-13-15-11(17-2)7-12(16-13)18-3/h4-7H,1-3H3. The fourth-order valence-corrected chi connectivity index (χ4v) is 2.54. The molecular weight excluding hydrogens is 284 g/mol. The van der Waals surface area contributed by atoms with Crippen molar-refractivity contribution in [3.05, 3.63) is 34.9 Å². The molecule has 0 aliphatic rings. The SMILES string of the molecule is COc1cc(OC)nc(Sc2cccc(Cl)c2C)n1. The molecule has 0 unspecified atom stereocenters. The van der Waals surface area contributed by atoms with Crippen LogP contribution in [0.2, 0.25) is 5.02 Å². The molecule has 0 saturated heterocycles. The highest BCUT2D eigenvalue weighted by Crippen LogP contribution is 2.33. The van der Waals surface area contributed by atoms with Crippen molar-refractivity contribution < 1.29 is 9.47 Å². The first-order chi connectivity index (χ1) is 9.13. The molecule has 0 bridgehead atoms. The van der Waals surface area contributed by atoms with E-state index >= 15 is 0 Å². The molecule has 6 heteroatoms. The zero-order valence-corrected chi connectivity index (χ0v) is 12.4. The minimum Gasteiger partial charge on any atom is -0.481 e. The maximum atomic E-state index is 6.09. The van der Waals surface area contributed by atoms with Gasteiger partial charge in [-0.25, -0.2) is 0 Å². The minimum absolute atomic E-state index is 0.467. The zero-order valence-electron chi connectivity index (χ0n) is 10.8. The van der Waals surface area contributed by atoms with Gasteiger partial charge in [0.1, 0.15) is 0 Å². The van der Waals surface area contributed by atoms with Gasteiger partial charge in [0.05, 0.1) is 20.3 Å². The predicted molar refractivity (Wildman–Crippen MR) is 75.4 cm³/mol. The Hall–Kier alpha value is -1.46. The quantitative estimate of drug-likeness (QED) is 0.807. The van der Waals surface area contributed by atoms with Gasteiger partial charge in [-0.15, -0.1) is 0 Å². The summed E-state index contributed by atoms with van der Waals surface area (Å²) >= 11 is 7.51. The van der Waals surface area contributed by atoms with Crippen LogP contribution in [0.15, 0.2) is 34.3 Å². The molecule has 2 aromatic rings. The van der Waals surface area contributed by atoms with Crippen molar-refractivity contribution >= 4 is 23.4 Å². The maximum absolute atomic E-state index is 6.09. The van der Waals surface area contributed by atoms with Gasteiger partial charge in [0.15, 0.2) is 5.16 Å². The first-order valence-corrected chi connectivity index (χ1v) is 6.73. The van der Waals surface area contributed by atoms with E-state index < -0.39 is 0 Å². The normalized spacial score (nSPS) is 10.3. The molecule has 0 spiro atoms. The van der Waals surface area contributed by atoms with E-state index in [4.69, 9.17) is 21.1 Å². The topological polar surface area (TPSA) is 44.2 Å². The lowest BCUT2D eigenvalue weighted by Gasteiger charge is -2.08. The number of aromatic nitrogens is 2. The largest absolute Gasteiger partial charge is 0.481 e. The van der Waals surface area contributed by atoms with Gasteiger partial charge in [-0.1, -0.05) is 17.7 Å². The van der Waals surface area contributed by atoms with E-state index in [0.717, 1.165) is 15.5 Å². The molecule has 19 heavy (non-hydrogen) atoms. The van der Waals surface area contributed by atoms with E-state index in [1.54, 1.807) is 20.3 Å². The summed E-state index contributed by atoms with van der Waals surface area (Å²) in [6.07, 6.45) is 0. The molecule has 0 fully saturated rings. The molecule has 0 aliphatic carbocycles. The molecule has 0 atom stereocenters. The lowest BCUT2D eigenvalue weighted by Crippen LogP contribution is -1.96. The highest BCUT2D eigenvalue weighted by molar-refractivity contribution is 7.99. The first-order valence-electron chi connectivity index (χ1n) is 5.54. The summed E-state index contributed by atoms with van der Waals surface area (Å²) in [4.78, 5) is 9.55. The third-order valence-corrected chi connectivity index (χ3v) is 3.93. The van der Waals surface area contributed by atoms with Gasteiger partial charge in [-0.05, 0) is 36.4 Å². The third kappa shape index (κ3) is 3.30. The lowest BCUT2D eigenvalue weighted by molar-refractivity contribution is 0.364. The van der Waals surface area contributed by atoms with Gasteiger partial charge in [-0.2, -0.15) is 9.97 Å². The van der Waals surface area contributed by atoms with Gasteiger partial charge in [0, 0.05) is 9.92 Å². The van der Waals surface area contributed by atoms with Crippen LogP contribution in [-0.2, 0) is 0 Å². The van der Waals surface area contributed by atoms with Crippen LogP contribution in [0.4, 0.5) is 0 Å². The average Bonchev–Trinajstić information content (AvgIpc) is 2.43. The van der Waals surface area contributed by atoms with Crippen LogP contribution in [0.1, 0.15) is 5.56 Å². The number of hydrogen-bond acceptors (Lipinski definition) is 5. The predicted octanol–water partition coefficient (Wildman–Crippen LogP) is 3.61. The van der Waals surface area contributed by atoms with Gasteiger partial charge >= 0.3 is 0 Å². The number of rotatable bonds is 4. The van der Waals surface area contributed by atoms with Crippen molar-refractivity contribution in [2.24, 2.45) is 0 Å². The Morgan fingerprint density at radius 1 is 1.11 bits per heavy atom. The summed E-state index contributed by atoms with van der Waals surface area (Å²) in [5.41, 5.74) is 1.000. The van der Waals surface area contributed by atoms with Gasteiger partial charge in [-0.3, -0.25) is 0 Å². The van der Waals surface area contributed by atoms with Gasteiger partial charge in [0.2, 0.25) is 11.8 Å². The van der Waals surface area contributed by atoms with Crippen LogP contribution in [0.25, 0.3) is 0 Å². The minimum atomic E-state index is 0.467. The number of benzene rings is 1. The lowest BCUT2D eigenvalue weighted by atomic mass is 10.2. The van der Waals surface area contributed by atoms with Crippen molar-refractivity contribution in [1.29, 1.82) is 0 Å². The van der Waals surface area contributed by atoms with E-state index in [-0.39, 0.29) is 0 Å². The van der Waals surface area contributed by atoms with Crippen molar-refractivity contribution in [2.75, 3.05) is 14.2 Å². The summed E-state index contributed by atoms with van der Waals surface area (Å²) in [6, 6.07) is 7.36. The van der Waals surface area contributed by atoms with Gasteiger partial charge in [0.25, 0.3) is 0 Å². The van der Waals surface area contributed by atoms with Crippen LogP contribution in [0.3, 0.4) is 0 Å². The molecule has 0 N–H and O–H groups in total. The van der Waals surface area contributed by atoms with Crippen molar-refractivity contribution in [3.63, 3.8) is 0 Å². The molecule has 0 amide bonds. The summed E-state index contributed by atoms with van der Waals surface area (Å²) in [6.45, 7) is 1.96. The fourth-order valence-electron chi connectivity index (χ4n) is 1.44. The number of halogens is 1. The summed E-state index contributed by atoms with van der Waals surface area (Å²) in [5.74, 6) is 0.933. The van der Waals surface area contributed by atoms with Crippen molar-refractivity contribution in [2.45, 2.75) is 17.0 Å². The monoisotopic (exact) mass is 296 g/mol. The molecule has 0 aliphatic heterocycles. The Labute approximate surface area is 121 Å². The van der Waals surface area contributed by atoms with E-state index in [2.05, 4.69) is 9.97 Å². The summed E-state index contributed by atoms with van der Waals surface area (Å²) in [7, 11) is 3.11. The van der Waals surface area contributed by atoms with Crippen molar-refractivity contribution in [3.8, 4) is 11.8 Å². The Balaban J connectivity index is 2.34. The highest BCUT2D eigenvalue weighted by atomic mass is 35.5. The molecule has 2 rings (SSSR count). The van der Waals surface area contributed by atoms with E-state index in [0.29, 0.717) is 16.9 Å². The molecule has 0 radical (unpaired) electrons. The second-order valence-corrected chi connectivity index (χ2v) is 5.12. The molecular formula is C13H13ClN2O2S. The summed E-state index contributed by atoms with van der Waals surface area (Å²) in [5, 5.41) is 1.28. The first kappa shape index (κ1) is 14.0. The molecule has 4 nitrogen and oxygen atoms in total. The molecule has 1 aromatic heterocycles. The second-order valence-electron chi connectivity index (χ2n) is 3.70. The molecule has 0 saturated carbocycles. The number of methoxy groups -OCH3 is 2. The zero-order chi connectivity index (χ0) is 13.8. The Morgan fingerprint density at radius 3 is 2.32 bits per heavy atom. The maximum Gasteiger partial charge on any atom is 0.220 e. The van der Waals surface area contributed by atoms with Crippen LogP contribution in [0.5, 0.6) is 11.8 Å². The number of nitrogens with zero attached hydrogens (tertiary/aromatic N) is 2. The van der Waals surface area contributed by atoms with E-state index in [1.807, 2.05) is 25.1 Å². The third-order valence-electron chi connectivity index (χ3n) is 2.50. The van der Waals surface area contributed by atoms with Crippen LogP contribution in [0, 0.1) is 6.92 Å². The molecule has 100 valence electrons. The second kappa shape index (κ2) is 6.12. The fraction of sp³-hybridized carbons (Fsp3) is 0.231. The van der Waals surface area contributed by atoms with Crippen LogP contribution in [-0.4, -0.2) is 24.2 Å². The van der Waals surface area contributed by atoms with Crippen molar-refractivity contribution in [1.82, 2.24) is 9.97 Å². The van der Waals surface area contributed by atoms with Crippen LogP contribution >= 0.6 is 23.4 Å². The van der Waals surface area contributed by atoms with Gasteiger partial charge < -0.3 is 9.47 Å². The molecule has 1 aromatic carbocycles. The highest BCUT2D eigenvalue weighted by Gasteiger charge is 2.10. The Morgan fingerprint density at radius 2 is 1.74 bits per heavy atom. The smallest absolute Gasteiger partial charge is 0.220 e. The Bertz CT molecular complexity index is 571. The average molecular weight is 297 g/mol. The summed E-state index contributed by atoms with van der Waals surface area (Å²) < 4.78 is 10.2.